The molecule has 0 bridgehead atoms. The maximum atomic E-state index is 13.5. The highest BCUT2D eigenvalue weighted by Gasteiger charge is 2.77. The molecule has 2 rings (SSSR count). The average molecular weight is 298 g/mol. The number of benzene rings is 1. The van der Waals surface area contributed by atoms with Gasteiger partial charge in [0, 0.05) is 0 Å². The Bertz CT molecular complexity index is 501. The van der Waals surface area contributed by atoms with E-state index in [4.69, 9.17) is 0 Å². The van der Waals surface area contributed by atoms with Crippen LogP contribution in [0.15, 0.2) is 30.3 Å². The minimum Gasteiger partial charge on any atom is -0.444 e. The Morgan fingerprint density at radius 3 is 2.15 bits per heavy atom. The normalized spacial score (nSPS) is 23.1. The predicted octanol–water partition coefficient (Wildman–Crippen LogP) is 3.13. The summed E-state index contributed by atoms with van der Waals surface area (Å²) in [6.07, 6.45) is -7.64. The molecule has 110 valence electrons. The van der Waals surface area contributed by atoms with Crippen LogP contribution < -0.4 is 4.74 Å². The van der Waals surface area contributed by atoms with Crippen LogP contribution in [0.1, 0.15) is 0 Å². The fourth-order valence-corrected chi connectivity index (χ4v) is 1.51. The van der Waals surface area contributed by atoms with Crippen LogP contribution in [0.2, 0.25) is 0 Å². The molecule has 1 unspecified atom stereocenters. The van der Waals surface area contributed by atoms with Crippen LogP contribution in [0.4, 0.5) is 26.7 Å². The highest BCUT2D eigenvalue weighted by Crippen LogP contribution is 2.48. The van der Waals surface area contributed by atoms with Crippen molar-refractivity contribution in [3.63, 3.8) is 0 Å². The van der Waals surface area contributed by atoms with Gasteiger partial charge in [-0.3, -0.25) is 0 Å². The molecule has 0 aromatic heterocycles. The van der Waals surface area contributed by atoms with Gasteiger partial charge in [0.15, 0.2) is 6.61 Å². The number of rotatable bonds is 3. The van der Waals surface area contributed by atoms with E-state index in [1.165, 1.54) is 18.2 Å². The fourth-order valence-electron chi connectivity index (χ4n) is 1.51. The van der Waals surface area contributed by atoms with Crippen molar-refractivity contribution in [1.29, 1.82) is 0 Å². The SMILES string of the molecule is O=C1OCC(Oc2ccccc2)(C(F)(F)C(F)(F)F)O1. The second-order valence-electron chi connectivity index (χ2n) is 3.88. The largest absolute Gasteiger partial charge is 0.512 e. The Kier molecular flexibility index (Phi) is 3.23. The Labute approximate surface area is 109 Å². The number of alkyl halides is 5. The fraction of sp³-hybridized carbons (Fsp3) is 0.364. The first kappa shape index (κ1) is 14.4. The minimum absolute atomic E-state index is 0.324. The minimum atomic E-state index is -5.98. The molecule has 1 saturated heterocycles. The van der Waals surface area contributed by atoms with Crippen LogP contribution in [0.5, 0.6) is 5.75 Å². The van der Waals surface area contributed by atoms with Gasteiger partial charge in [0.2, 0.25) is 0 Å². The van der Waals surface area contributed by atoms with Crippen molar-refractivity contribution in [2.75, 3.05) is 6.61 Å². The van der Waals surface area contributed by atoms with Gasteiger partial charge >= 0.3 is 24.0 Å². The van der Waals surface area contributed by atoms with Crippen LogP contribution in [0, 0.1) is 0 Å². The summed E-state index contributed by atoms with van der Waals surface area (Å²) in [5, 5.41) is 0. The number of cyclic esters (lactones) is 2. The van der Waals surface area contributed by atoms with Gasteiger partial charge in [-0.05, 0) is 12.1 Å². The molecule has 1 aromatic rings. The van der Waals surface area contributed by atoms with Crippen LogP contribution in [-0.2, 0) is 9.47 Å². The molecule has 1 atom stereocenters. The molecule has 0 amide bonds. The van der Waals surface area contributed by atoms with Crippen molar-refractivity contribution in [3.05, 3.63) is 30.3 Å². The number of hydrogen-bond donors (Lipinski definition) is 0. The summed E-state index contributed by atoms with van der Waals surface area (Å²) >= 11 is 0. The molecule has 0 aliphatic carbocycles. The molecule has 1 fully saturated rings. The van der Waals surface area contributed by atoms with E-state index < -0.39 is 30.6 Å². The number of carbonyl (C=O) groups is 1. The quantitative estimate of drug-likeness (QED) is 0.635. The molecular formula is C11H7F5O4. The molecule has 0 radical (unpaired) electrons. The Balaban J connectivity index is 2.40. The molecule has 20 heavy (non-hydrogen) atoms. The molecule has 1 heterocycles. The summed E-state index contributed by atoms with van der Waals surface area (Å²) < 4.78 is 77.2. The third kappa shape index (κ3) is 2.23. The lowest BCUT2D eigenvalue weighted by atomic mass is 10.1. The van der Waals surface area contributed by atoms with Gasteiger partial charge in [-0.2, -0.15) is 22.0 Å². The van der Waals surface area contributed by atoms with Crippen LogP contribution in [0.25, 0.3) is 0 Å². The summed E-state index contributed by atoms with van der Waals surface area (Å²) in [6.45, 7) is -1.38. The van der Waals surface area contributed by atoms with E-state index in [9.17, 15) is 26.7 Å². The highest BCUT2D eigenvalue weighted by molar-refractivity contribution is 5.63. The first-order valence-corrected chi connectivity index (χ1v) is 5.22. The lowest BCUT2D eigenvalue weighted by molar-refractivity contribution is -0.375. The first-order chi connectivity index (χ1) is 9.18. The van der Waals surface area contributed by atoms with Gasteiger partial charge in [-0.15, -0.1) is 0 Å². The van der Waals surface area contributed by atoms with Gasteiger partial charge in [0.25, 0.3) is 0 Å². The van der Waals surface area contributed by atoms with Crippen molar-refractivity contribution in [3.8, 4) is 5.75 Å². The van der Waals surface area contributed by atoms with E-state index in [-0.39, 0.29) is 5.75 Å². The Morgan fingerprint density at radius 2 is 1.70 bits per heavy atom. The summed E-state index contributed by atoms with van der Waals surface area (Å²) in [7, 11) is 0. The Morgan fingerprint density at radius 1 is 1.10 bits per heavy atom. The zero-order valence-electron chi connectivity index (χ0n) is 9.62. The summed E-state index contributed by atoms with van der Waals surface area (Å²) in [6, 6.07) is 6.48. The third-order valence-electron chi connectivity index (χ3n) is 2.49. The molecule has 0 saturated carbocycles. The van der Waals surface area contributed by atoms with E-state index in [1.807, 2.05) is 0 Å². The van der Waals surface area contributed by atoms with Crippen molar-refractivity contribution in [1.82, 2.24) is 0 Å². The van der Waals surface area contributed by atoms with Gasteiger partial charge in [0.05, 0.1) is 0 Å². The maximum Gasteiger partial charge on any atom is 0.512 e. The van der Waals surface area contributed by atoms with E-state index in [0.717, 1.165) is 12.1 Å². The number of para-hydroxylation sites is 1. The number of carbonyl (C=O) groups excluding carboxylic acids is 1. The molecule has 1 aliphatic heterocycles. The average Bonchev–Trinajstić information content (AvgIpc) is 2.72. The zero-order chi connectivity index (χ0) is 15.0. The molecule has 1 aliphatic rings. The lowest BCUT2D eigenvalue weighted by Gasteiger charge is -2.34. The lowest BCUT2D eigenvalue weighted by Crippen LogP contribution is -2.62. The van der Waals surface area contributed by atoms with E-state index in [2.05, 4.69) is 14.2 Å². The van der Waals surface area contributed by atoms with Crippen molar-refractivity contribution >= 4 is 6.16 Å². The van der Waals surface area contributed by atoms with Gasteiger partial charge in [-0.1, -0.05) is 18.2 Å². The van der Waals surface area contributed by atoms with Gasteiger partial charge in [-0.25, -0.2) is 4.79 Å². The van der Waals surface area contributed by atoms with Crippen LogP contribution >= 0.6 is 0 Å². The number of halogens is 5. The molecule has 4 nitrogen and oxygen atoms in total. The third-order valence-corrected chi connectivity index (χ3v) is 2.49. The maximum absolute atomic E-state index is 13.5. The molecule has 0 spiro atoms. The standard InChI is InChI=1S/C11H7F5O4/c12-10(13,11(14,15)16)9(6-18-8(17)20-9)19-7-4-2-1-3-5-7/h1-5H,6H2. The number of hydrogen-bond acceptors (Lipinski definition) is 4. The first-order valence-electron chi connectivity index (χ1n) is 5.22. The van der Waals surface area contributed by atoms with Crippen LogP contribution in [-0.4, -0.2) is 30.6 Å². The van der Waals surface area contributed by atoms with Gasteiger partial charge in [0.1, 0.15) is 5.75 Å². The van der Waals surface area contributed by atoms with E-state index in [1.54, 1.807) is 0 Å². The van der Waals surface area contributed by atoms with E-state index in [0.29, 0.717) is 0 Å². The van der Waals surface area contributed by atoms with Crippen molar-refractivity contribution in [2.24, 2.45) is 0 Å². The van der Waals surface area contributed by atoms with E-state index >= 15 is 0 Å². The zero-order valence-corrected chi connectivity index (χ0v) is 9.62. The monoisotopic (exact) mass is 298 g/mol. The molecule has 1 aromatic carbocycles. The topological polar surface area (TPSA) is 44.8 Å². The Hall–Kier alpha value is -2.06. The predicted molar refractivity (Wildman–Crippen MR) is 53.2 cm³/mol. The summed E-state index contributed by atoms with van der Waals surface area (Å²) in [4.78, 5) is 10.8. The molecular weight excluding hydrogens is 291 g/mol. The van der Waals surface area contributed by atoms with Gasteiger partial charge < -0.3 is 14.2 Å². The molecule has 9 heteroatoms. The van der Waals surface area contributed by atoms with Crippen molar-refractivity contribution in [2.45, 2.75) is 17.9 Å². The number of ether oxygens (including phenoxy) is 3. The smallest absolute Gasteiger partial charge is 0.444 e. The molecule has 0 N–H and O–H groups in total. The second kappa shape index (κ2) is 4.50. The summed E-state index contributed by atoms with van der Waals surface area (Å²) in [5.74, 6) is -9.35. The van der Waals surface area contributed by atoms with Crippen LogP contribution in [0.3, 0.4) is 0 Å². The second-order valence-corrected chi connectivity index (χ2v) is 3.88. The summed E-state index contributed by atoms with van der Waals surface area (Å²) in [5.41, 5.74) is 0. The van der Waals surface area contributed by atoms with Crippen molar-refractivity contribution < 1.29 is 41.0 Å². The highest BCUT2D eigenvalue weighted by atomic mass is 19.4.